The van der Waals surface area contributed by atoms with Crippen LogP contribution in [0.15, 0.2) is 66.7 Å². The molecule has 0 spiro atoms. The number of nitrogens with one attached hydrogen (secondary N) is 1. The number of para-hydroxylation sites is 2. The maximum atomic E-state index is 12.8. The SMILES string of the molecule is COc1ccc(CC(=O)NC(C)c2nc3ccccc3n2CCCCOc2ccc(C)cc2C)cc1. The molecule has 0 saturated carbocycles. The van der Waals surface area contributed by atoms with Crippen LogP contribution in [0, 0.1) is 13.8 Å². The van der Waals surface area contributed by atoms with Crippen molar-refractivity contribution in [1.29, 1.82) is 0 Å². The largest absolute Gasteiger partial charge is 0.497 e. The summed E-state index contributed by atoms with van der Waals surface area (Å²) in [6.45, 7) is 7.64. The van der Waals surface area contributed by atoms with Gasteiger partial charge in [0.2, 0.25) is 5.91 Å². The molecular weight excluding hydrogens is 450 g/mol. The van der Waals surface area contributed by atoms with Crippen molar-refractivity contribution in [2.24, 2.45) is 0 Å². The Kier molecular flexibility index (Phi) is 8.26. The predicted octanol–water partition coefficient (Wildman–Crippen LogP) is 5.94. The maximum absolute atomic E-state index is 12.8. The van der Waals surface area contributed by atoms with Crippen LogP contribution in [0.1, 0.15) is 48.3 Å². The molecule has 0 aliphatic heterocycles. The molecule has 1 N–H and O–H groups in total. The van der Waals surface area contributed by atoms with Crippen molar-refractivity contribution < 1.29 is 14.3 Å². The van der Waals surface area contributed by atoms with Crippen LogP contribution in [0.25, 0.3) is 11.0 Å². The highest BCUT2D eigenvalue weighted by Gasteiger charge is 2.18. The van der Waals surface area contributed by atoms with Gasteiger partial charge in [0, 0.05) is 6.54 Å². The zero-order valence-corrected chi connectivity index (χ0v) is 21.6. The smallest absolute Gasteiger partial charge is 0.224 e. The number of rotatable bonds is 11. The van der Waals surface area contributed by atoms with Gasteiger partial charge in [0.15, 0.2) is 0 Å². The molecule has 0 fully saturated rings. The highest BCUT2D eigenvalue weighted by atomic mass is 16.5. The fourth-order valence-corrected chi connectivity index (χ4v) is 4.46. The summed E-state index contributed by atoms with van der Waals surface area (Å²) in [6, 6.07) is 21.8. The molecule has 4 rings (SSSR count). The first-order valence-electron chi connectivity index (χ1n) is 12.5. The number of carbonyl (C=O) groups excluding carboxylic acids is 1. The van der Waals surface area contributed by atoms with E-state index in [4.69, 9.17) is 14.5 Å². The predicted molar refractivity (Wildman–Crippen MR) is 144 cm³/mol. The van der Waals surface area contributed by atoms with E-state index in [-0.39, 0.29) is 11.9 Å². The number of carbonyl (C=O) groups is 1. The van der Waals surface area contributed by atoms with Crippen LogP contribution in [0.5, 0.6) is 11.5 Å². The van der Waals surface area contributed by atoms with Gasteiger partial charge >= 0.3 is 0 Å². The first-order valence-corrected chi connectivity index (χ1v) is 12.5. The van der Waals surface area contributed by atoms with Crippen LogP contribution in [-0.2, 0) is 17.8 Å². The van der Waals surface area contributed by atoms with Gasteiger partial charge in [-0.05, 0) is 75.1 Å². The Bertz CT molecular complexity index is 1310. The number of aryl methyl sites for hydroxylation is 3. The van der Waals surface area contributed by atoms with Crippen LogP contribution < -0.4 is 14.8 Å². The van der Waals surface area contributed by atoms with E-state index in [0.717, 1.165) is 58.9 Å². The Hall–Kier alpha value is -3.80. The lowest BCUT2D eigenvalue weighted by Crippen LogP contribution is -2.30. The molecule has 3 aromatic carbocycles. The van der Waals surface area contributed by atoms with Crippen molar-refractivity contribution in [2.75, 3.05) is 13.7 Å². The number of imidazole rings is 1. The Balaban J connectivity index is 1.38. The Morgan fingerprint density at radius 3 is 2.56 bits per heavy atom. The standard InChI is InChI=1S/C30H35N3O3/c1-21-11-16-28(22(2)19-21)36-18-8-7-17-33-27-10-6-5-9-26(27)32-30(33)23(3)31-29(34)20-24-12-14-25(35-4)15-13-24/h5-6,9-16,19,23H,7-8,17-18,20H2,1-4H3,(H,31,34). The number of benzene rings is 3. The van der Waals surface area contributed by atoms with Gasteiger partial charge in [0.1, 0.15) is 17.3 Å². The Labute approximate surface area is 213 Å². The van der Waals surface area contributed by atoms with Crippen LogP contribution in [-0.4, -0.2) is 29.2 Å². The van der Waals surface area contributed by atoms with Gasteiger partial charge in [-0.2, -0.15) is 0 Å². The summed E-state index contributed by atoms with van der Waals surface area (Å²) in [5.41, 5.74) is 5.37. The second kappa shape index (κ2) is 11.8. The van der Waals surface area contributed by atoms with Gasteiger partial charge < -0.3 is 19.4 Å². The van der Waals surface area contributed by atoms with Gasteiger partial charge in [-0.15, -0.1) is 0 Å². The molecular formula is C30H35N3O3. The third-order valence-electron chi connectivity index (χ3n) is 6.34. The van der Waals surface area contributed by atoms with Crippen molar-refractivity contribution in [3.63, 3.8) is 0 Å². The summed E-state index contributed by atoms with van der Waals surface area (Å²) in [6.07, 6.45) is 2.19. The highest BCUT2D eigenvalue weighted by Crippen LogP contribution is 2.23. The molecule has 0 saturated heterocycles. The lowest BCUT2D eigenvalue weighted by atomic mass is 10.1. The number of fused-ring (bicyclic) bond motifs is 1. The lowest BCUT2D eigenvalue weighted by Gasteiger charge is -2.17. The molecule has 6 heteroatoms. The third-order valence-corrected chi connectivity index (χ3v) is 6.34. The van der Waals surface area contributed by atoms with Crippen LogP contribution in [0.2, 0.25) is 0 Å². The van der Waals surface area contributed by atoms with E-state index in [9.17, 15) is 4.79 Å². The monoisotopic (exact) mass is 485 g/mol. The molecule has 1 heterocycles. The fraction of sp³-hybridized carbons (Fsp3) is 0.333. The molecule has 0 aliphatic carbocycles. The van der Waals surface area contributed by atoms with Crippen molar-refractivity contribution in [2.45, 2.75) is 52.6 Å². The first kappa shape index (κ1) is 25.3. The van der Waals surface area contributed by atoms with E-state index in [1.54, 1.807) is 7.11 Å². The van der Waals surface area contributed by atoms with Crippen LogP contribution in [0.4, 0.5) is 0 Å². The summed E-state index contributed by atoms with van der Waals surface area (Å²) in [5, 5.41) is 3.13. The summed E-state index contributed by atoms with van der Waals surface area (Å²) >= 11 is 0. The normalized spacial score (nSPS) is 11.9. The number of unbranched alkanes of at least 4 members (excludes halogenated alkanes) is 1. The van der Waals surface area contributed by atoms with Crippen molar-refractivity contribution >= 4 is 16.9 Å². The molecule has 0 aliphatic rings. The molecule has 1 aromatic heterocycles. The van der Waals surface area contributed by atoms with Crippen molar-refractivity contribution in [3.05, 3.63) is 89.2 Å². The van der Waals surface area contributed by atoms with E-state index in [1.165, 1.54) is 5.56 Å². The van der Waals surface area contributed by atoms with E-state index < -0.39 is 0 Å². The molecule has 1 unspecified atom stereocenters. The number of aromatic nitrogens is 2. The van der Waals surface area contributed by atoms with E-state index >= 15 is 0 Å². The number of ether oxygens (including phenoxy) is 2. The van der Waals surface area contributed by atoms with Gasteiger partial charge in [-0.1, -0.05) is 42.0 Å². The molecule has 0 radical (unpaired) electrons. The topological polar surface area (TPSA) is 65.4 Å². The number of methoxy groups -OCH3 is 1. The molecule has 6 nitrogen and oxygen atoms in total. The molecule has 4 aromatic rings. The van der Waals surface area contributed by atoms with Gasteiger partial charge in [-0.25, -0.2) is 4.98 Å². The Morgan fingerprint density at radius 2 is 1.81 bits per heavy atom. The van der Waals surface area contributed by atoms with Crippen molar-refractivity contribution in [3.8, 4) is 11.5 Å². The third kappa shape index (κ3) is 6.25. The average Bonchev–Trinajstić information content (AvgIpc) is 3.24. The fourth-order valence-electron chi connectivity index (χ4n) is 4.46. The minimum absolute atomic E-state index is 0.0341. The van der Waals surface area contributed by atoms with Crippen molar-refractivity contribution in [1.82, 2.24) is 14.9 Å². The summed E-state index contributed by atoms with van der Waals surface area (Å²) < 4.78 is 13.4. The number of amides is 1. The van der Waals surface area contributed by atoms with Gasteiger partial charge in [0.25, 0.3) is 0 Å². The second-order valence-electron chi connectivity index (χ2n) is 9.25. The molecule has 1 amide bonds. The summed E-state index contributed by atoms with van der Waals surface area (Å²) in [5.74, 6) is 2.56. The highest BCUT2D eigenvalue weighted by molar-refractivity contribution is 5.79. The van der Waals surface area contributed by atoms with Crippen LogP contribution in [0.3, 0.4) is 0 Å². The average molecular weight is 486 g/mol. The maximum Gasteiger partial charge on any atom is 0.224 e. The van der Waals surface area contributed by atoms with Crippen LogP contribution >= 0.6 is 0 Å². The van der Waals surface area contributed by atoms with E-state index in [0.29, 0.717) is 13.0 Å². The Morgan fingerprint density at radius 1 is 1.03 bits per heavy atom. The molecule has 1 atom stereocenters. The van der Waals surface area contributed by atoms with E-state index in [1.807, 2.05) is 55.5 Å². The number of nitrogens with zero attached hydrogens (tertiary/aromatic N) is 2. The minimum Gasteiger partial charge on any atom is -0.497 e. The zero-order valence-electron chi connectivity index (χ0n) is 21.6. The van der Waals surface area contributed by atoms with Gasteiger partial charge in [-0.3, -0.25) is 4.79 Å². The zero-order chi connectivity index (χ0) is 25.5. The summed E-state index contributed by atoms with van der Waals surface area (Å²) in [4.78, 5) is 17.6. The molecule has 0 bridgehead atoms. The second-order valence-corrected chi connectivity index (χ2v) is 9.25. The lowest BCUT2D eigenvalue weighted by molar-refractivity contribution is -0.121. The quantitative estimate of drug-likeness (QED) is 0.267. The van der Waals surface area contributed by atoms with Gasteiger partial charge in [0.05, 0.1) is 37.2 Å². The minimum atomic E-state index is -0.213. The molecule has 188 valence electrons. The number of hydrogen-bond donors (Lipinski definition) is 1. The van der Waals surface area contributed by atoms with E-state index in [2.05, 4.69) is 41.9 Å². The first-order chi connectivity index (χ1) is 17.4. The molecule has 36 heavy (non-hydrogen) atoms. The number of hydrogen-bond acceptors (Lipinski definition) is 4. The summed E-state index contributed by atoms with van der Waals surface area (Å²) in [7, 11) is 1.63.